The Kier molecular flexibility index (Phi) is 6.02. The van der Waals surface area contributed by atoms with E-state index >= 15 is 0 Å². The Morgan fingerprint density at radius 1 is 1.10 bits per heavy atom. The quantitative estimate of drug-likeness (QED) is 0.806. The van der Waals surface area contributed by atoms with Crippen molar-refractivity contribution in [1.29, 1.82) is 0 Å². The monoisotopic (exact) mass is 281 g/mol. The van der Waals surface area contributed by atoms with Gasteiger partial charge in [0.2, 0.25) is 0 Å². The third-order valence-corrected chi connectivity index (χ3v) is 2.33. The second kappa shape index (κ2) is 7.78. The molecule has 108 valence electrons. The molecule has 0 heterocycles. The first-order valence-electron chi connectivity index (χ1n) is 5.75. The molecule has 0 radical (unpaired) electrons. The van der Waals surface area contributed by atoms with E-state index in [1.165, 1.54) is 7.11 Å². The third-order valence-electron chi connectivity index (χ3n) is 2.33. The summed E-state index contributed by atoms with van der Waals surface area (Å²) in [6, 6.07) is 7.13. The van der Waals surface area contributed by atoms with Gasteiger partial charge in [0.15, 0.2) is 0 Å². The van der Waals surface area contributed by atoms with Gasteiger partial charge in [0.1, 0.15) is 11.8 Å². The van der Waals surface area contributed by atoms with Gasteiger partial charge in [-0.1, -0.05) is 18.2 Å². The smallest absolute Gasteiger partial charge is 0.413 e. The van der Waals surface area contributed by atoms with E-state index in [1.54, 1.807) is 30.3 Å². The molecular formula is C13H15NO6. The Balaban J connectivity index is 2.62. The van der Waals surface area contributed by atoms with Gasteiger partial charge in [-0.05, 0) is 12.1 Å². The molecule has 0 spiro atoms. The summed E-state index contributed by atoms with van der Waals surface area (Å²) in [5.41, 5.74) is 0. The zero-order valence-electron chi connectivity index (χ0n) is 11.1. The lowest BCUT2D eigenvalue weighted by atomic mass is 10.2. The predicted octanol–water partition coefficient (Wildman–Crippen LogP) is 0.880. The zero-order valence-corrected chi connectivity index (χ0v) is 11.1. The van der Waals surface area contributed by atoms with Crippen molar-refractivity contribution in [2.24, 2.45) is 0 Å². The summed E-state index contributed by atoms with van der Waals surface area (Å²) in [4.78, 5) is 34.2. The molecule has 0 aliphatic rings. The second-order valence-corrected chi connectivity index (χ2v) is 3.70. The molecule has 0 aliphatic heterocycles. The average Bonchev–Trinajstić information content (AvgIpc) is 2.46. The molecule has 1 aromatic carbocycles. The normalized spacial score (nSPS) is 11.1. The molecule has 0 saturated heterocycles. The van der Waals surface area contributed by atoms with Gasteiger partial charge < -0.3 is 19.5 Å². The lowest BCUT2D eigenvalue weighted by molar-refractivity contribution is -0.149. The number of methoxy groups -OCH3 is 2. The molecule has 7 heteroatoms. The van der Waals surface area contributed by atoms with Gasteiger partial charge in [-0.2, -0.15) is 0 Å². The first kappa shape index (κ1) is 15.5. The van der Waals surface area contributed by atoms with Gasteiger partial charge >= 0.3 is 18.0 Å². The van der Waals surface area contributed by atoms with E-state index in [1.807, 2.05) is 0 Å². The lowest BCUT2D eigenvalue weighted by Gasteiger charge is -2.15. The minimum atomic E-state index is -1.16. The van der Waals surface area contributed by atoms with Crippen molar-refractivity contribution in [3.63, 3.8) is 0 Å². The largest absolute Gasteiger partial charge is 0.469 e. The van der Waals surface area contributed by atoms with Crippen LogP contribution in [0.2, 0.25) is 0 Å². The average molecular weight is 281 g/mol. The fraction of sp³-hybridized carbons (Fsp3) is 0.308. The number of hydrogen-bond acceptors (Lipinski definition) is 6. The van der Waals surface area contributed by atoms with E-state index in [4.69, 9.17) is 4.74 Å². The summed E-state index contributed by atoms with van der Waals surface area (Å²) >= 11 is 0. The van der Waals surface area contributed by atoms with Crippen molar-refractivity contribution < 1.29 is 28.6 Å². The minimum Gasteiger partial charge on any atom is -0.469 e. The van der Waals surface area contributed by atoms with Crippen LogP contribution in [0.5, 0.6) is 5.75 Å². The Labute approximate surface area is 115 Å². The topological polar surface area (TPSA) is 90.9 Å². The predicted molar refractivity (Wildman–Crippen MR) is 68.0 cm³/mol. The van der Waals surface area contributed by atoms with Gasteiger partial charge in [-0.15, -0.1) is 0 Å². The van der Waals surface area contributed by atoms with Crippen LogP contribution in [0.25, 0.3) is 0 Å². The van der Waals surface area contributed by atoms with Crippen molar-refractivity contribution in [1.82, 2.24) is 5.32 Å². The first-order valence-corrected chi connectivity index (χ1v) is 5.75. The van der Waals surface area contributed by atoms with E-state index in [-0.39, 0.29) is 6.42 Å². The Hall–Kier alpha value is -2.57. The zero-order chi connectivity index (χ0) is 15.0. The highest BCUT2D eigenvalue weighted by molar-refractivity contribution is 5.86. The summed E-state index contributed by atoms with van der Waals surface area (Å²) in [7, 11) is 2.33. The number of nitrogens with one attached hydrogen (secondary N) is 1. The van der Waals surface area contributed by atoms with Crippen LogP contribution in [0.15, 0.2) is 30.3 Å². The maximum Gasteiger partial charge on any atom is 0.413 e. The van der Waals surface area contributed by atoms with Crippen LogP contribution in [0, 0.1) is 0 Å². The molecule has 0 aromatic heterocycles. The Morgan fingerprint density at radius 2 is 1.75 bits per heavy atom. The Morgan fingerprint density at radius 3 is 2.30 bits per heavy atom. The van der Waals surface area contributed by atoms with E-state index in [9.17, 15) is 14.4 Å². The van der Waals surface area contributed by atoms with Crippen molar-refractivity contribution in [2.75, 3.05) is 14.2 Å². The summed E-state index contributed by atoms with van der Waals surface area (Å²) < 4.78 is 13.9. The fourth-order valence-electron chi connectivity index (χ4n) is 1.35. The fourth-order valence-corrected chi connectivity index (χ4v) is 1.35. The molecule has 1 rings (SSSR count). The van der Waals surface area contributed by atoms with Crippen LogP contribution >= 0.6 is 0 Å². The number of rotatable bonds is 5. The molecule has 1 unspecified atom stereocenters. The number of benzene rings is 1. The lowest BCUT2D eigenvalue weighted by Crippen LogP contribution is -2.44. The van der Waals surface area contributed by atoms with Crippen LogP contribution < -0.4 is 10.1 Å². The van der Waals surface area contributed by atoms with E-state index in [0.717, 1.165) is 7.11 Å². The van der Waals surface area contributed by atoms with Gasteiger partial charge in [-0.3, -0.25) is 4.79 Å². The van der Waals surface area contributed by atoms with E-state index in [2.05, 4.69) is 14.8 Å². The molecule has 0 saturated carbocycles. The number of carbonyl (C=O) groups excluding carboxylic acids is 3. The molecule has 0 fully saturated rings. The number of carbonyl (C=O) groups is 3. The van der Waals surface area contributed by atoms with E-state index < -0.39 is 24.1 Å². The van der Waals surface area contributed by atoms with Crippen molar-refractivity contribution in [3.05, 3.63) is 30.3 Å². The number of esters is 2. The van der Waals surface area contributed by atoms with Crippen molar-refractivity contribution in [2.45, 2.75) is 12.5 Å². The highest BCUT2D eigenvalue weighted by Crippen LogP contribution is 2.08. The maximum absolute atomic E-state index is 11.6. The van der Waals surface area contributed by atoms with Gasteiger partial charge in [0, 0.05) is 0 Å². The number of amides is 1. The van der Waals surface area contributed by atoms with Crippen LogP contribution in [0.1, 0.15) is 6.42 Å². The van der Waals surface area contributed by atoms with Crippen molar-refractivity contribution >= 4 is 18.0 Å². The van der Waals surface area contributed by atoms with Gasteiger partial charge in [0.25, 0.3) is 0 Å². The highest BCUT2D eigenvalue weighted by atomic mass is 16.6. The van der Waals surface area contributed by atoms with Gasteiger partial charge in [0.05, 0.1) is 20.6 Å². The maximum atomic E-state index is 11.6. The highest BCUT2D eigenvalue weighted by Gasteiger charge is 2.25. The number of para-hydroxylation sites is 1. The molecule has 20 heavy (non-hydrogen) atoms. The van der Waals surface area contributed by atoms with Gasteiger partial charge in [-0.25, -0.2) is 9.59 Å². The van der Waals surface area contributed by atoms with Crippen molar-refractivity contribution in [3.8, 4) is 5.75 Å². The molecule has 1 amide bonds. The molecule has 1 aromatic rings. The van der Waals surface area contributed by atoms with Crippen LogP contribution in [0.4, 0.5) is 4.79 Å². The molecular weight excluding hydrogens is 266 g/mol. The minimum absolute atomic E-state index is 0.312. The van der Waals surface area contributed by atoms with E-state index in [0.29, 0.717) is 5.75 Å². The molecule has 1 atom stereocenters. The first-order chi connectivity index (χ1) is 9.56. The van der Waals surface area contributed by atoms with Crippen LogP contribution in [-0.4, -0.2) is 38.3 Å². The summed E-state index contributed by atoms with van der Waals surface area (Å²) in [6.45, 7) is 0. The van der Waals surface area contributed by atoms with Crippen LogP contribution in [-0.2, 0) is 19.1 Å². The molecule has 0 bridgehead atoms. The molecule has 1 N–H and O–H groups in total. The third kappa shape index (κ3) is 4.97. The summed E-state index contributed by atoms with van der Waals surface area (Å²) in [5, 5.41) is 2.24. The standard InChI is InChI=1S/C13H15NO6/c1-18-11(15)8-10(12(16)19-2)14-13(17)20-9-6-4-3-5-7-9/h3-7,10H,8H2,1-2H3,(H,14,17). The number of ether oxygens (including phenoxy) is 3. The Bertz CT molecular complexity index is 473. The SMILES string of the molecule is COC(=O)CC(NC(=O)Oc1ccccc1)C(=O)OC. The summed E-state index contributed by atoms with van der Waals surface area (Å²) in [6.07, 6.45) is -1.21. The number of hydrogen-bond donors (Lipinski definition) is 1. The second-order valence-electron chi connectivity index (χ2n) is 3.70. The van der Waals surface area contributed by atoms with Crippen LogP contribution in [0.3, 0.4) is 0 Å². The molecule has 7 nitrogen and oxygen atoms in total. The molecule has 0 aliphatic carbocycles. The summed E-state index contributed by atoms with van der Waals surface area (Å²) in [5.74, 6) is -1.10.